The fraction of sp³-hybridized carbons (Fsp3) is 0.259. The highest BCUT2D eigenvalue weighted by Gasteiger charge is 2.28. The Morgan fingerprint density at radius 1 is 1.13 bits per heavy atom. The van der Waals surface area contributed by atoms with Crippen molar-refractivity contribution < 1.29 is 23.4 Å². The van der Waals surface area contributed by atoms with Gasteiger partial charge in [-0.1, -0.05) is 6.07 Å². The Bertz CT molecular complexity index is 1400. The van der Waals surface area contributed by atoms with E-state index in [0.29, 0.717) is 41.0 Å². The molecule has 1 saturated heterocycles. The first kappa shape index (κ1) is 25.3. The maximum absolute atomic E-state index is 13.6. The van der Waals surface area contributed by atoms with E-state index in [9.17, 15) is 9.18 Å². The van der Waals surface area contributed by atoms with Crippen molar-refractivity contribution in [2.24, 2.45) is 5.92 Å². The van der Waals surface area contributed by atoms with Crippen LogP contribution in [0.1, 0.15) is 5.82 Å². The zero-order valence-electron chi connectivity index (χ0n) is 20.9. The maximum Gasteiger partial charge on any atom is 0.227 e. The van der Waals surface area contributed by atoms with E-state index in [1.54, 1.807) is 38.6 Å². The minimum absolute atomic E-state index is 0.121. The summed E-state index contributed by atoms with van der Waals surface area (Å²) in [6, 6.07) is 15.3. The molecule has 2 aromatic heterocycles. The van der Waals surface area contributed by atoms with Gasteiger partial charge in [0.1, 0.15) is 17.4 Å². The molecule has 3 heterocycles. The van der Waals surface area contributed by atoms with Gasteiger partial charge in [-0.15, -0.1) is 0 Å². The number of carbonyl (C=O) groups excluding carboxylic acids is 1. The van der Waals surface area contributed by atoms with Crippen molar-refractivity contribution in [1.82, 2.24) is 25.3 Å². The van der Waals surface area contributed by atoms with Crippen molar-refractivity contribution in [3.63, 3.8) is 0 Å². The highest BCUT2D eigenvalue weighted by Crippen LogP contribution is 2.31. The fourth-order valence-corrected chi connectivity index (χ4v) is 4.08. The molecule has 0 saturated carbocycles. The van der Waals surface area contributed by atoms with Gasteiger partial charge in [0, 0.05) is 30.6 Å². The van der Waals surface area contributed by atoms with E-state index in [-0.39, 0.29) is 30.9 Å². The summed E-state index contributed by atoms with van der Waals surface area (Å²) in [4.78, 5) is 29.0. The Balaban J connectivity index is 1.42. The smallest absolute Gasteiger partial charge is 0.227 e. The first-order chi connectivity index (χ1) is 18.5. The summed E-state index contributed by atoms with van der Waals surface area (Å²) in [7, 11) is 3.19. The van der Waals surface area contributed by atoms with E-state index < -0.39 is 6.29 Å². The SMILES string of the molecule is CNC(=O)C1COC(Cc2nc(-c3ccc(F)cc3)c(-c3ccnc(Nc4cccc(OC)c4)n3)[nH]2)OC1. The second-order valence-electron chi connectivity index (χ2n) is 8.65. The average molecular weight is 519 g/mol. The molecule has 2 aromatic carbocycles. The summed E-state index contributed by atoms with van der Waals surface area (Å²) in [5.41, 5.74) is 3.32. The van der Waals surface area contributed by atoms with Crippen molar-refractivity contribution >= 4 is 17.5 Å². The number of hydrogen-bond acceptors (Lipinski definition) is 8. The van der Waals surface area contributed by atoms with Crippen LogP contribution in [0, 0.1) is 11.7 Å². The van der Waals surface area contributed by atoms with Gasteiger partial charge in [0.2, 0.25) is 11.9 Å². The Morgan fingerprint density at radius 3 is 2.66 bits per heavy atom. The second-order valence-corrected chi connectivity index (χ2v) is 8.65. The topological polar surface area (TPSA) is 123 Å². The Hall–Kier alpha value is -4.35. The van der Waals surface area contributed by atoms with E-state index in [1.165, 1.54) is 12.1 Å². The molecule has 196 valence electrons. The highest BCUT2D eigenvalue weighted by molar-refractivity contribution is 5.79. The third kappa shape index (κ3) is 5.79. The van der Waals surface area contributed by atoms with Crippen molar-refractivity contribution in [3.8, 4) is 28.4 Å². The lowest BCUT2D eigenvalue weighted by atomic mass is 10.1. The van der Waals surface area contributed by atoms with Crippen molar-refractivity contribution in [2.75, 3.05) is 32.7 Å². The Morgan fingerprint density at radius 2 is 1.92 bits per heavy atom. The van der Waals surface area contributed by atoms with Crippen LogP contribution >= 0.6 is 0 Å². The molecule has 0 bridgehead atoms. The van der Waals surface area contributed by atoms with E-state index in [2.05, 4.69) is 25.6 Å². The van der Waals surface area contributed by atoms with Crippen molar-refractivity contribution in [1.29, 1.82) is 0 Å². The number of H-pyrrole nitrogens is 1. The third-order valence-electron chi connectivity index (χ3n) is 6.05. The zero-order valence-corrected chi connectivity index (χ0v) is 20.9. The lowest BCUT2D eigenvalue weighted by Gasteiger charge is -2.27. The van der Waals surface area contributed by atoms with Crippen LogP contribution in [0.3, 0.4) is 0 Å². The van der Waals surface area contributed by atoms with Gasteiger partial charge in [0.15, 0.2) is 6.29 Å². The number of hydrogen-bond donors (Lipinski definition) is 3. The second kappa shape index (κ2) is 11.4. The number of ether oxygens (including phenoxy) is 3. The minimum Gasteiger partial charge on any atom is -0.497 e. The summed E-state index contributed by atoms with van der Waals surface area (Å²) >= 11 is 0. The predicted molar refractivity (Wildman–Crippen MR) is 138 cm³/mol. The molecule has 0 unspecified atom stereocenters. The van der Waals surface area contributed by atoms with Gasteiger partial charge in [-0.3, -0.25) is 4.79 Å². The number of anilines is 2. The van der Waals surface area contributed by atoms with Gasteiger partial charge in [-0.05, 0) is 42.5 Å². The van der Waals surface area contributed by atoms with Crippen LogP contribution in [-0.2, 0) is 20.7 Å². The van der Waals surface area contributed by atoms with E-state index in [0.717, 1.165) is 11.3 Å². The van der Waals surface area contributed by atoms with Crippen LogP contribution in [0.15, 0.2) is 60.8 Å². The molecule has 1 amide bonds. The summed E-state index contributed by atoms with van der Waals surface area (Å²) in [6.07, 6.45) is 1.41. The quantitative estimate of drug-likeness (QED) is 0.323. The number of amides is 1. The van der Waals surface area contributed by atoms with Crippen LogP contribution in [0.5, 0.6) is 5.75 Å². The number of aromatic amines is 1. The number of carbonyl (C=O) groups is 1. The van der Waals surface area contributed by atoms with E-state index >= 15 is 0 Å². The molecule has 11 heteroatoms. The molecule has 5 rings (SSSR count). The number of methoxy groups -OCH3 is 1. The lowest BCUT2D eigenvalue weighted by molar-refractivity contribution is -0.200. The maximum atomic E-state index is 13.6. The summed E-state index contributed by atoms with van der Waals surface area (Å²) < 4.78 is 30.4. The number of nitrogens with zero attached hydrogens (tertiary/aromatic N) is 3. The van der Waals surface area contributed by atoms with Crippen LogP contribution in [0.4, 0.5) is 16.0 Å². The monoisotopic (exact) mass is 518 g/mol. The molecule has 0 radical (unpaired) electrons. The summed E-state index contributed by atoms with van der Waals surface area (Å²) in [5.74, 6) is 0.878. The molecule has 10 nitrogen and oxygen atoms in total. The molecule has 38 heavy (non-hydrogen) atoms. The van der Waals surface area contributed by atoms with Gasteiger partial charge < -0.3 is 29.8 Å². The van der Waals surface area contributed by atoms with Crippen molar-refractivity contribution in [2.45, 2.75) is 12.7 Å². The van der Waals surface area contributed by atoms with Crippen LogP contribution in [-0.4, -0.2) is 59.5 Å². The van der Waals surface area contributed by atoms with Gasteiger partial charge in [-0.25, -0.2) is 19.3 Å². The van der Waals surface area contributed by atoms with Gasteiger partial charge in [0.05, 0.1) is 49.7 Å². The molecular weight excluding hydrogens is 491 g/mol. The number of nitrogens with one attached hydrogen (secondary N) is 3. The molecule has 1 aliphatic rings. The Labute approximate surface area is 218 Å². The zero-order chi connectivity index (χ0) is 26.5. The number of imidazole rings is 1. The summed E-state index contributed by atoms with van der Waals surface area (Å²) in [6.45, 7) is 0.516. The standard InChI is InChI=1S/C27H27FN6O4/c1-29-26(35)17-14-37-23(38-15-17)13-22-33-24(16-6-8-18(28)9-7-16)25(34-22)21-10-11-30-27(32-21)31-19-4-3-5-20(12-19)36-2/h3-12,17,23H,13-15H2,1-2H3,(H,29,35)(H,33,34)(H,30,31,32). The third-order valence-corrected chi connectivity index (χ3v) is 6.05. The first-order valence-corrected chi connectivity index (χ1v) is 12.1. The summed E-state index contributed by atoms with van der Waals surface area (Å²) in [5, 5.41) is 5.80. The van der Waals surface area contributed by atoms with Crippen LogP contribution in [0.2, 0.25) is 0 Å². The fourth-order valence-electron chi connectivity index (χ4n) is 4.08. The molecule has 0 aliphatic carbocycles. The molecule has 0 atom stereocenters. The first-order valence-electron chi connectivity index (χ1n) is 12.1. The largest absolute Gasteiger partial charge is 0.497 e. The van der Waals surface area contributed by atoms with Gasteiger partial charge in [0.25, 0.3) is 0 Å². The molecule has 1 fully saturated rings. The molecule has 0 spiro atoms. The number of rotatable bonds is 8. The molecule has 1 aliphatic heterocycles. The van der Waals surface area contributed by atoms with Gasteiger partial charge >= 0.3 is 0 Å². The number of aromatic nitrogens is 4. The van der Waals surface area contributed by atoms with Crippen LogP contribution < -0.4 is 15.4 Å². The molecule has 3 N–H and O–H groups in total. The number of halogens is 1. The van der Waals surface area contributed by atoms with E-state index in [1.807, 2.05) is 24.3 Å². The molecule has 4 aromatic rings. The van der Waals surface area contributed by atoms with Crippen LogP contribution in [0.25, 0.3) is 22.6 Å². The lowest BCUT2D eigenvalue weighted by Crippen LogP contribution is -2.41. The Kier molecular flexibility index (Phi) is 7.57. The van der Waals surface area contributed by atoms with Gasteiger partial charge in [-0.2, -0.15) is 0 Å². The highest BCUT2D eigenvalue weighted by atomic mass is 19.1. The predicted octanol–water partition coefficient (Wildman–Crippen LogP) is 3.70. The normalized spacial score (nSPS) is 17.1. The molecular formula is C27H27FN6O4. The van der Waals surface area contributed by atoms with Crippen molar-refractivity contribution in [3.05, 3.63) is 72.4 Å². The van der Waals surface area contributed by atoms with E-state index in [4.69, 9.17) is 19.2 Å². The number of benzene rings is 2. The average Bonchev–Trinajstić information content (AvgIpc) is 3.37. The minimum atomic E-state index is -0.563.